The maximum Gasteiger partial charge on any atom is 0.105 e. The molecule has 0 saturated heterocycles. The van der Waals surface area contributed by atoms with Crippen molar-refractivity contribution < 1.29 is 19.2 Å². The van der Waals surface area contributed by atoms with Gasteiger partial charge in [0.05, 0.1) is 40.3 Å². The van der Waals surface area contributed by atoms with Crippen molar-refractivity contribution >= 4 is 0 Å². The minimum absolute atomic E-state index is 0.147. The van der Waals surface area contributed by atoms with Crippen molar-refractivity contribution in [3.63, 3.8) is 0 Å². The Balaban J connectivity index is 4.06. The fourth-order valence-electron chi connectivity index (χ4n) is 5.62. The number of likely N-dealkylation sites (N-methyl/N-ethyl adjacent to an activating group) is 2. The van der Waals surface area contributed by atoms with E-state index < -0.39 is 0 Å². The summed E-state index contributed by atoms with van der Waals surface area (Å²) < 4.78 is 2.01. The van der Waals surface area contributed by atoms with E-state index >= 15 is 0 Å². The zero-order valence-corrected chi connectivity index (χ0v) is 25.9. The summed E-state index contributed by atoms with van der Waals surface area (Å²) in [4.78, 5) is 0. The van der Waals surface area contributed by atoms with Gasteiger partial charge in [0.2, 0.25) is 0 Å². The van der Waals surface area contributed by atoms with Gasteiger partial charge in [0.1, 0.15) is 25.3 Å². The van der Waals surface area contributed by atoms with Crippen molar-refractivity contribution in [2.24, 2.45) is 0 Å². The molecule has 0 aromatic carbocycles. The third-order valence-electron chi connectivity index (χ3n) is 8.76. The van der Waals surface area contributed by atoms with Crippen LogP contribution in [0.1, 0.15) is 143 Å². The fourth-order valence-corrected chi connectivity index (χ4v) is 5.62. The van der Waals surface area contributed by atoms with Crippen LogP contribution in [0.5, 0.6) is 0 Å². The Hall–Kier alpha value is -0.160. The Bertz CT molecular complexity index is 433. The lowest BCUT2D eigenvalue weighted by Crippen LogP contribution is -2.49. The summed E-state index contributed by atoms with van der Waals surface area (Å²) in [5.74, 6) is 0. The van der Waals surface area contributed by atoms with E-state index in [4.69, 9.17) is 0 Å². The van der Waals surface area contributed by atoms with Crippen LogP contribution in [0.2, 0.25) is 0 Å². The summed E-state index contributed by atoms with van der Waals surface area (Å²) in [5, 5.41) is 21.2. The van der Waals surface area contributed by atoms with Gasteiger partial charge in [-0.25, -0.2) is 0 Å². The molecule has 0 amide bonds. The standard InChI is InChI=1S/C32H70N2O2/c1-7-11-13-15-17-21-25-31(35)29-33(5,9-3)27-23-19-20-24-28-34(6,10-4)30-32(36)26-22-18-16-14-12-8-2/h31-32,35-36H,7-30H2,1-6H3/q+2. The largest absolute Gasteiger partial charge is 0.387 e. The van der Waals surface area contributed by atoms with Crippen LogP contribution in [0.25, 0.3) is 0 Å². The highest BCUT2D eigenvalue weighted by molar-refractivity contribution is 4.58. The maximum absolute atomic E-state index is 10.6. The molecule has 2 N–H and O–H groups in total. The van der Waals surface area contributed by atoms with Gasteiger partial charge in [-0.05, 0) is 52.4 Å². The van der Waals surface area contributed by atoms with Crippen LogP contribution >= 0.6 is 0 Å². The normalized spacial score (nSPS) is 17.0. The van der Waals surface area contributed by atoms with Gasteiger partial charge in [-0.3, -0.25) is 0 Å². The van der Waals surface area contributed by atoms with Crippen molar-refractivity contribution in [1.82, 2.24) is 0 Å². The van der Waals surface area contributed by atoms with Crippen LogP contribution in [0.15, 0.2) is 0 Å². The van der Waals surface area contributed by atoms with E-state index in [2.05, 4.69) is 41.8 Å². The van der Waals surface area contributed by atoms with Crippen molar-refractivity contribution in [3.05, 3.63) is 0 Å². The molecule has 4 nitrogen and oxygen atoms in total. The molecular weight excluding hydrogens is 444 g/mol. The molecule has 0 aromatic heterocycles. The quantitative estimate of drug-likeness (QED) is 0.0870. The lowest BCUT2D eigenvalue weighted by molar-refractivity contribution is -0.911. The van der Waals surface area contributed by atoms with Gasteiger partial charge in [-0.1, -0.05) is 90.9 Å². The summed E-state index contributed by atoms with van der Waals surface area (Å²) in [6.45, 7) is 15.5. The van der Waals surface area contributed by atoms with Crippen molar-refractivity contribution in [3.8, 4) is 0 Å². The zero-order valence-electron chi connectivity index (χ0n) is 25.9. The molecule has 0 radical (unpaired) electrons. The molecule has 0 rings (SSSR count). The number of hydrogen-bond acceptors (Lipinski definition) is 2. The van der Waals surface area contributed by atoms with Gasteiger partial charge in [0.15, 0.2) is 0 Å². The SMILES string of the molecule is CCCCCCCCC(O)C[N+](C)(CC)CCCCCC[N+](C)(CC)CC(O)CCCCCCCC. The smallest absolute Gasteiger partial charge is 0.105 e. The van der Waals surface area contributed by atoms with Crippen LogP contribution < -0.4 is 0 Å². The average molecular weight is 515 g/mol. The molecule has 0 aromatic rings. The molecule has 0 bridgehead atoms. The summed E-state index contributed by atoms with van der Waals surface area (Å²) >= 11 is 0. The Morgan fingerprint density at radius 1 is 0.444 bits per heavy atom. The fraction of sp³-hybridized carbons (Fsp3) is 1.00. The van der Waals surface area contributed by atoms with Crippen molar-refractivity contribution in [1.29, 1.82) is 0 Å². The number of aliphatic hydroxyl groups excluding tert-OH is 2. The average Bonchev–Trinajstić information content (AvgIpc) is 2.85. The van der Waals surface area contributed by atoms with Gasteiger partial charge in [-0.15, -0.1) is 0 Å². The first kappa shape index (κ1) is 35.8. The molecule has 0 aliphatic rings. The Labute approximate surface area is 228 Å². The Kier molecular flexibility index (Phi) is 22.7. The topological polar surface area (TPSA) is 40.5 Å². The molecule has 0 fully saturated rings. The summed E-state index contributed by atoms with van der Waals surface area (Å²) in [7, 11) is 4.67. The molecule has 0 aliphatic heterocycles. The van der Waals surface area contributed by atoms with Crippen LogP contribution in [-0.2, 0) is 0 Å². The number of unbranched alkanes of at least 4 members (excludes halogenated alkanes) is 13. The molecule has 4 heteroatoms. The van der Waals surface area contributed by atoms with E-state index in [9.17, 15) is 10.2 Å². The van der Waals surface area contributed by atoms with E-state index in [1.54, 1.807) is 0 Å². The third kappa shape index (κ3) is 19.9. The first-order chi connectivity index (χ1) is 17.2. The highest BCUT2D eigenvalue weighted by atomic mass is 16.3. The highest BCUT2D eigenvalue weighted by Crippen LogP contribution is 2.16. The maximum atomic E-state index is 10.6. The van der Waals surface area contributed by atoms with E-state index in [-0.39, 0.29) is 12.2 Å². The van der Waals surface area contributed by atoms with Crippen molar-refractivity contribution in [2.75, 3.05) is 53.4 Å². The molecule has 4 unspecified atom stereocenters. The van der Waals surface area contributed by atoms with Crippen LogP contribution in [0.3, 0.4) is 0 Å². The number of nitrogens with zero attached hydrogens (tertiary/aromatic N) is 2. The highest BCUT2D eigenvalue weighted by Gasteiger charge is 2.24. The van der Waals surface area contributed by atoms with E-state index in [0.29, 0.717) is 0 Å². The molecule has 218 valence electrons. The lowest BCUT2D eigenvalue weighted by atomic mass is 10.1. The van der Waals surface area contributed by atoms with Gasteiger partial charge in [0, 0.05) is 0 Å². The number of aliphatic hydroxyl groups is 2. The molecule has 4 atom stereocenters. The van der Waals surface area contributed by atoms with Crippen LogP contribution in [0.4, 0.5) is 0 Å². The second kappa shape index (κ2) is 22.8. The molecule has 0 aliphatic carbocycles. The lowest BCUT2D eigenvalue weighted by Gasteiger charge is -2.36. The zero-order chi connectivity index (χ0) is 27.1. The minimum Gasteiger partial charge on any atom is -0.387 e. The molecule has 0 saturated carbocycles. The van der Waals surface area contributed by atoms with E-state index in [1.807, 2.05) is 0 Å². The molecule has 36 heavy (non-hydrogen) atoms. The van der Waals surface area contributed by atoms with Gasteiger partial charge >= 0.3 is 0 Å². The van der Waals surface area contributed by atoms with Crippen LogP contribution in [0, 0.1) is 0 Å². The monoisotopic (exact) mass is 515 g/mol. The number of quaternary nitrogens is 2. The molecular formula is C32H70N2O2+2. The summed E-state index contributed by atoms with van der Waals surface area (Å²) in [6, 6.07) is 0. The predicted molar refractivity (Wildman–Crippen MR) is 159 cm³/mol. The summed E-state index contributed by atoms with van der Waals surface area (Å²) in [5.41, 5.74) is 0. The second-order valence-electron chi connectivity index (χ2n) is 12.5. The van der Waals surface area contributed by atoms with E-state index in [0.717, 1.165) is 48.0 Å². The number of rotatable bonds is 27. The molecule has 0 spiro atoms. The minimum atomic E-state index is -0.147. The number of hydrogen-bond donors (Lipinski definition) is 2. The predicted octanol–water partition coefficient (Wildman–Crippen LogP) is 7.70. The van der Waals surface area contributed by atoms with Crippen LogP contribution in [-0.4, -0.2) is 84.8 Å². The van der Waals surface area contributed by atoms with Gasteiger partial charge in [-0.2, -0.15) is 0 Å². The van der Waals surface area contributed by atoms with Gasteiger partial charge < -0.3 is 19.2 Å². The van der Waals surface area contributed by atoms with Crippen molar-refractivity contribution in [2.45, 2.75) is 155 Å². The van der Waals surface area contributed by atoms with E-state index in [1.165, 1.54) is 116 Å². The Morgan fingerprint density at radius 3 is 1.08 bits per heavy atom. The first-order valence-electron chi connectivity index (χ1n) is 16.3. The molecule has 0 heterocycles. The summed E-state index contributed by atoms with van der Waals surface area (Å²) in [6.07, 6.45) is 22.3. The third-order valence-corrected chi connectivity index (χ3v) is 8.76. The first-order valence-corrected chi connectivity index (χ1v) is 16.3. The second-order valence-corrected chi connectivity index (χ2v) is 12.5. The Morgan fingerprint density at radius 2 is 0.750 bits per heavy atom. The van der Waals surface area contributed by atoms with Gasteiger partial charge in [0.25, 0.3) is 0 Å².